The summed E-state index contributed by atoms with van der Waals surface area (Å²) in [7, 11) is 0. The van der Waals surface area contributed by atoms with Crippen LogP contribution in [0.25, 0.3) is 5.65 Å². The summed E-state index contributed by atoms with van der Waals surface area (Å²) < 4.78 is 1.48. The molecule has 0 radical (unpaired) electrons. The standard InChI is InChI=1S/C14H17ClN4O/c1-10-7-16-4-5-18(10)9-12-6-14(20)19-8-11(15)2-3-13(19)17-12/h2-3,6,8,10,16H,4-5,7,9H2,1H3/t10-/m1/s1. The molecule has 3 rings (SSSR count). The Morgan fingerprint density at radius 1 is 1.50 bits per heavy atom. The highest BCUT2D eigenvalue weighted by Gasteiger charge is 2.18. The third kappa shape index (κ3) is 2.70. The average Bonchev–Trinajstić information content (AvgIpc) is 2.42. The molecule has 1 fully saturated rings. The van der Waals surface area contributed by atoms with Crippen LogP contribution in [0.15, 0.2) is 29.2 Å². The quantitative estimate of drug-likeness (QED) is 0.902. The van der Waals surface area contributed by atoms with Gasteiger partial charge < -0.3 is 5.32 Å². The predicted molar refractivity (Wildman–Crippen MR) is 79.2 cm³/mol. The number of halogens is 1. The van der Waals surface area contributed by atoms with Gasteiger partial charge in [-0.15, -0.1) is 0 Å². The second-order valence-corrected chi connectivity index (χ2v) is 5.62. The lowest BCUT2D eigenvalue weighted by atomic mass is 10.2. The smallest absolute Gasteiger partial charge is 0.258 e. The van der Waals surface area contributed by atoms with Gasteiger partial charge in [0, 0.05) is 44.5 Å². The molecule has 0 bridgehead atoms. The van der Waals surface area contributed by atoms with Crippen molar-refractivity contribution in [1.82, 2.24) is 19.6 Å². The second-order valence-electron chi connectivity index (χ2n) is 5.18. The van der Waals surface area contributed by atoms with E-state index in [0.29, 0.717) is 23.3 Å². The van der Waals surface area contributed by atoms with Crippen molar-refractivity contribution in [3.05, 3.63) is 45.5 Å². The van der Waals surface area contributed by atoms with E-state index in [1.165, 1.54) is 4.40 Å². The van der Waals surface area contributed by atoms with Gasteiger partial charge in [0.1, 0.15) is 5.65 Å². The summed E-state index contributed by atoms with van der Waals surface area (Å²) in [6, 6.07) is 5.57. The number of hydrogen-bond acceptors (Lipinski definition) is 4. The zero-order valence-corrected chi connectivity index (χ0v) is 12.1. The zero-order valence-electron chi connectivity index (χ0n) is 11.3. The molecule has 1 aliphatic rings. The molecule has 0 aliphatic carbocycles. The lowest BCUT2D eigenvalue weighted by Crippen LogP contribution is -2.49. The Morgan fingerprint density at radius 3 is 3.15 bits per heavy atom. The van der Waals surface area contributed by atoms with Crippen LogP contribution in [0.1, 0.15) is 12.6 Å². The number of piperazine rings is 1. The number of hydrogen-bond donors (Lipinski definition) is 1. The number of nitrogens with one attached hydrogen (secondary N) is 1. The minimum atomic E-state index is -0.0877. The van der Waals surface area contributed by atoms with Gasteiger partial charge in [-0.2, -0.15) is 0 Å². The number of fused-ring (bicyclic) bond motifs is 1. The van der Waals surface area contributed by atoms with Gasteiger partial charge in [-0.1, -0.05) is 11.6 Å². The number of rotatable bonds is 2. The SMILES string of the molecule is C[C@@H]1CNCCN1Cc1cc(=O)n2cc(Cl)ccc2n1. The van der Waals surface area contributed by atoms with Crippen molar-refractivity contribution in [2.45, 2.75) is 19.5 Å². The Bertz CT molecular complexity index is 684. The molecule has 1 atom stereocenters. The van der Waals surface area contributed by atoms with Crippen molar-refractivity contribution in [3.8, 4) is 0 Å². The summed E-state index contributed by atoms with van der Waals surface area (Å²) in [5.41, 5.74) is 1.36. The highest BCUT2D eigenvalue weighted by atomic mass is 35.5. The normalized spacial score (nSPS) is 20.4. The molecule has 6 heteroatoms. The van der Waals surface area contributed by atoms with Gasteiger partial charge in [0.2, 0.25) is 0 Å². The van der Waals surface area contributed by atoms with Crippen molar-refractivity contribution in [2.75, 3.05) is 19.6 Å². The monoisotopic (exact) mass is 292 g/mol. The van der Waals surface area contributed by atoms with E-state index in [9.17, 15) is 4.79 Å². The van der Waals surface area contributed by atoms with Crippen LogP contribution in [0.4, 0.5) is 0 Å². The predicted octanol–water partition coefficient (Wildman–Crippen LogP) is 1.14. The highest BCUT2D eigenvalue weighted by molar-refractivity contribution is 6.30. The molecular weight excluding hydrogens is 276 g/mol. The van der Waals surface area contributed by atoms with E-state index in [4.69, 9.17) is 11.6 Å². The maximum absolute atomic E-state index is 12.1. The van der Waals surface area contributed by atoms with Crippen molar-refractivity contribution in [1.29, 1.82) is 0 Å². The van der Waals surface area contributed by atoms with Gasteiger partial charge in [0.05, 0.1) is 10.7 Å². The molecule has 1 saturated heterocycles. The van der Waals surface area contributed by atoms with Crippen molar-refractivity contribution >= 4 is 17.2 Å². The number of nitrogens with zero attached hydrogens (tertiary/aromatic N) is 3. The van der Waals surface area contributed by atoms with Crippen molar-refractivity contribution < 1.29 is 0 Å². The molecule has 0 aromatic carbocycles. The van der Waals surface area contributed by atoms with Gasteiger partial charge >= 0.3 is 0 Å². The maximum atomic E-state index is 12.1. The Balaban J connectivity index is 1.92. The molecule has 0 saturated carbocycles. The third-order valence-electron chi connectivity index (χ3n) is 3.68. The van der Waals surface area contributed by atoms with E-state index >= 15 is 0 Å². The van der Waals surface area contributed by atoms with Gasteiger partial charge in [-0.3, -0.25) is 14.1 Å². The minimum absolute atomic E-state index is 0.0877. The van der Waals surface area contributed by atoms with E-state index in [0.717, 1.165) is 25.3 Å². The zero-order chi connectivity index (χ0) is 14.1. The molecule has 3 heterocycles. The van der Waals surface area contributed by atoms with Gasteiger partial charge in [-0.05, 0) is 19.1 Å². The fraction of sp³-hybridized carbons (Fsp3) is 0.429. The third-order valence-corrected chi connectivity index (χ3v) is 3.90. The summed E-state index contributed by atoms with van der Waals surface area (Å²) in [6.45, 7) is 5.81. The van der Waals surface area contributed by atoms with E-state index in [-0.39, 0.29) is 5.56 Å². The molecule has 1 aliphatic heterocycles. The first-order chi connectivity index (χ1) is 9.63. The second kappa shape index (κ2) is 5.52. The molecule has 0 spiro atoms. The van der Waals surface area contributed by atoms with E-state index in [2.05, 4.69) is 22.1 Å². The van der Waals surface area contributed by atoms with Crippen LogP contribution < -0.4 is 10.9 Å². The van der Waals surface area contributed by atoms with Gasteiger partial charge in [0.15, 0.2) is 0 Å². The Labute approximate surface area is 122 Å². The lowest BCUT2D eigenvalue weighted by Gasteiger charge is -2.33. The van der Waals surface area contributed by atoms with Crippen LogP contribution in [0.2, 0.25) is 5.02 Å². The number of pyridine rings is 1. The summed E-state index contributed by atoms with van der Waals surface area (Å²) in [6.07, 6.45) is 1.60. The first kappa shape index (κ1) is 13.5. The molecule has 106 valence electrons. The van der Waals surface area contributed by atoms with Gasteiger partial charge in [0.25, 0.3) is 5.56 Å². The van der Waals surface area contributed by atoms with Gasteiger partial charge in [-0.25, -0.2) is 4.98 Å². The molecule has 1 N–H and O–H groups in total. The van der Waals surface area contributed by atoms with Crippen LogP contribution >= 0.6 is 11.6 Å². The van der Waals surface area contributed by atoms with Crippen LogP contribution in [-0.4, -0.2) is 40.0 Å². The van der Waals surface area contributed by atoms with Crippen LogP contribution in [-0.2, 0) is 6.54 Å². The Kier molecular flexibility index (Phi) is 3.74. The minimum Gasteiger partial charge on any atom is -0.314 e. The molecular formula is C14H17ClN4O. The average molecular weight is 293 g/mol. The fourth-order valence-corrected chi connectivity index (χ4v) is 2.69. The van der Waals surface area contributed by atoms with Crippen molar-refractivity contribution in [3.63, 3.8) is 0 Å². The Morgan fingerprint density at radius 2 is 2.35 bits per heavy atom. The lowest BCUT2D eigenvalue weighted by molar-refractivity contribution is 0.164. The first-order valence-corrected chi connectivity index (χ1v) is 7.14. The molecule has 2 aromatic heterocycles. The topological polar surface area (TPSA) is 49.6 Å². The molecule has 0 amide bonds. The van der Waals surface area contributed by atoms with E-state index < -0.39 is 0 Å². The van der Waals surface area contributed by atoms with Crippen LogP contribution in [0, 0.1) is 0 Å². The summed E-state index contributed by atoms with van der Waals surface area (Å²) in [5.74, 6) is 0. The largest absolute Gasteiger partial charge is 0.314 e. The molecule has 5 nitrogen and oxygen atoms in total. The summed E-state index contributed by atoms with van der Waals surface area (Å²) in [4.78, 5) is 19.0. The fourth-order valence-electron chi connectivity index (χ4n) is 2.53. The molecule has 2 aromatic rings. The Hall–Kier alpha value is -1.43. The van der Waals surface area contributed by atoms with Crippen molar-refractivity contribution in [2.24, 2.45) is 0 Å². The van der Waals surface area contributed by atoms with Crippen LogP contribution in [0.3, 0.4) is 0 Å². The molecule has 0 unspecified atom stereocenters. The highest BCUT2D eigenvalue weighted by Crippen LogP contribution is 2.11. The van der Waals surface area contributed by atoms with Crippen LogP contribution in [0.5, 0.6) is 0 Å². The summed E-state index contributed by atoms with van der Waals surface area (Å²) in [5, 5.41) is 3.89. The van der Waals surface area contributed by atoms with E-state index in [1.807, 2.05) is 0 Å². The maximum Gasteiger partial charge on any atom is 0.258 e. The molecule has 20 heavy (non-hydrogen) atoms. The van der Waals surface area contributed by atoms with E-state index in [1.54, 1.807) is 24.4 Å². The first-order valence-electron chi connectivity index (χ1n) is 6.76. The number of aromatic nitrogens is 2. The summed E-state index contributed by atoms with van der Waals surface area (Å²) >= 11 is 5.90.